The van der Waals surface area contributed by atoms with E-state index in [2.05, 4.69) is 19.5 Å². The Morgan fingerprint density at radius 1 is 1.41 bits per heavy atom. The molecular weight excluding hydrogens is 370 g/mol. The van der Waals surface area contributed by atoms with Crippen LogP contribution in [0, 0.1) is 0 Å². The second-order valence-electron chi connectivity index (χ2n) is 7.87. The van der Waals surface area contributed by atoms with Crippen molar-refractivity contribution >= 4 is 17.9 Å². The van der Waals surface area contributed by atoms with E-state index in [4.69, 9.17) is 21.2 Å². The Bertz CT molecular complexity index is 958. The van der Waals surface area contributed by atoms with Crippen LogP contribution in [0.4, 0.5) is 5.69 Å². The maximum atomic E-state index is 9.37. The highest BCUT2D eigenvalue weighted by Crippen LogP contribution is 2.37. The van der Waals surface area contributed by atoms with Crippen LogP contribution in [0.3, 0.4) is 0 Å². The molecule has 1 fully saturated rings. The van der Waals surface area contributed by atoms with Crippen LogP contribution in [0.1, 0.15) is 19.5 Å². The quantitative estimate of drug-likeness (QED) is 0.512. The molecule has 0 saturated carbocycles. The molecule has 0 atom stereocenters. The number of nitrogens with two attached hydrogens (primary N) is 2. The van der Waals surface area contributed by atoms with E-state index < -0.39 is 5.54 Å². The Hall–Kier alpha value is -2.91. The largest absolute Gasteiger partial charge is 0.491 e. The van der Waals surface area contributed by atoms with Gasteiger partial charge < -0.3 is 30.8 Å². The number of aliphatic hydroxyl groups excluding tert-OH is 1. The number of ether oxygens (including phenoxy) is 1. The highest BCUT2D eigenvalue weighted by molar-refractivity contribution is 6.01. The summed E-state index contributed by atoms with van der Waals surface area (Å²) in [7, 11) is 0. The molecule has 0 unspecified atom stereocenters. The minimum atomic E-state index is -0.519. The molecule has 0 spiro atoms. The second-order valence-corrected chi connectivity index (χ2v) is 7.87. The van der Waals surface area contributed by atoms with E-state index in [0.717, 1.165) is 22.8 Å². The molecule has 0 radical (unpaired) electrons. The first-order chi connectivity index (χ1) is 13.9. The van der Waals surface area contributed by atoms with Crippen molar-refractivity contribution in [1.82, 2.24) is 9.55 Å². The number of benzene rings is 1. The Morgan fingerprint density at radius 3 is 2.90 bits per heavy atom. The van der Waals surface area contributed by atoms with Crippen molar-refractivity contribution in [2.24, 2.45) is 21.5 Å². The van der Waals surface area contributed by atoms with Gasteiger partial charge in [0.2, 0.25) is 0 Å². The highest BCUT2D eigenvalue weighted by Gasteiger charge is 2.39. The molecule has 9 nitrogen and oxygen atoms in total. The van der Waals surface area contributed by atoms with Crippen LogP contribution < -0.4 is 21.1 Å². The van der Waals surface area contributed by atoms with Gasteiger partial charge in [-0.3, -0.25) is 4.99 Å². The van der Waals surface area contributed by atoms with E-state index in [1.165, 1.54) is 6.34 Å². The third-order valence-electron chi connectivity index (χ3n) is 5.07. The number of amidine groups is 1. The fraction of sp³-hybridized carbons (Fsp3) is 0.450. The number of aliphatic imine (C=N–C) groups is 2. The Morgan fingerprint density at radius 2 is 2.21 bits per heavy atom. The predicted octanol–water partition coefficient (Wildman–Crippen LogP) is 0.594. The predicted molar refractivity (Wildman–Crippen MR) is 114 cm³/mol. The molecule has 9 heteroatoms. The van der Waals surface area contributed by atoms with Gasteiger partial charge in [-0.2, -0.15) is 0 Å². The minimum absolute atomic E-state index is 0.0172. The van der Waals surface area contributed by atoms with Gasteiger partial charge in [-0.1, -0.05) is 0 Å². The summed E-state index contributed by atoms with van der Waals surface area (Å²) in [4.78, 5) is 15.6. The molecule has 2 aliphatic rings. The lowest BCUT2D eigenvalue weighted by Crippen LogP contribution is -2.69. The van der Waals surface area contributed by atoms with E-state index in [0.29, 0.717) is 37.8 Å². The van der Waals surface area contributed by atoms with Crippen molar-refractivity contribution in [2.45, 2.75) is 32.0 Å². The topological polar surface area (TPSA) is 127 Å². The smallest absolute Gasteiger partial charge is 0.176 e. The summed E-state index contributed by atoms with van der Waals surface area (Å²) < 4.78 is 8.05. The van der Waals surface area contributed by atoms with Gasteiger partial charge in [-0.25, -0.2) is 9.98 Å². The number of nitrogens with zero attached hydrogens (tertiary/aromatic N) is 5. The lowest BCUT2D eigenvalue weighted by molar-refractivity contribution is 0.167. The summed E-state index contributed by atoms with van der Waals surface area (Å²) in [6.45, 7) is 6.40. The Labute approximate surface area is 169 Å². The van der Waals surface area contributed by atoms with Crippen molar-refractivity contribution in [3.63, 3.8) is 0 Å². The molecular formula is C20H27N7O2. The van der Waals surface area contributed by atoms with Crippen molar-refractivity contribution in [1.29, 1.82) is 0 Å². The Balaban J connectivity index is 1.67. The van der Waals surface area contributed by atoms with Crippen LogP contribution in [0.15, 0.2) is 34.4 Å². The number of aliphatic hydroxyl groups is 1. The number of hydrogen-bond acceptors (Lipinski definition) is 6. The van der Waals surface area contributed by atoms with Crippen LogP contribution in [-0.4, -0.2) is 64.7 Å². The van der Waals surface area contributed by atoms with Gasteiger partial charge in [0.05, 0.1) is 30.6 Å². The molecule has 2 aromatic rings. The summed E-state index contributed by atoms with van der Waals surface area (Å²) in [5.41, 5.74) is 13.7. The van der Waals surface area contributed by atoms with Gasteiger partial charge in [-0.05, 0) is 26.0 Å². The first-order valence-electron chi connectivity index (χ1n) is 9.74. The maximum Gasteiger partial charge on any atom is 0.176 e. The zero-order valence-corrected chi connectivity index (χ0v) is 16.7. The first-order valence-corrected chi connectivity index (χ1v) is 9.74. The van der Waals surface area contributed by atoms with E-state index in [9.17, 15) is 5.11 Å². The number of fused-ring (bicyclic) bond motifs is 3. The molecule has 2 aliphatic heterocycles. The van der Waals surface area contributed by atoms with Gasteiger partial charge in [0.25, 0.3) is 0 Å². The molecule has 4 rings (SSSR count). The number of imidazole rings is 1. The summed E-state index contributed by atoms with van der Waals surface area (Å²) in [6, 6.07) is 6.14. The normalized spacial score (nSPS) is 18.2. The molecule has 29 heavy (non-hydrogen) atoms. The molecule has 0 amide bonds. The van der Waals surface area contributed by atoms with Crippen LogP contribution in [0.5, 0.6) is 5.75 Å². The van der Waals surface area contributed by atoms with Crippen molar-refractivity contribution in [2.75, 3.05) is 31.2 Å². The van der Waals surface area contributed by atoms with Crippen LogP contribution in [0.25, 0.3) is 11.4 Å². The van der Waals surface area contributed by atoms with Crippen LogP contribution in [-0.2, 0) is 6.54 Å². The monoisotopic (exact) mass is 397 g/mol. The SMILES string of the molecule is CC(C)N=C(N=CN)c1cn2c(n1)-c1ccc(N3CC(N)(CO)C3)cc1OCC2. The Kier molecular flexibility index (Phi) is 5.01. The molecule has 1 aromatic heterocycles. The molecule has 0 aliphatic carbocycles. The fourth-order valence-corrected chi connectivity index (χ4v) is 3.65. The van der Waals surface area contributed by atoms with E-state index >= 15 is 0 Å². The van der Waals surface area contributed by atoms with Crippen LogP contribution >= 0.6 is 0 Å². The van der Waals surface area contributed by atoms with Crippen molar-refractivity contribution < 1.29 is 9.84 Å². The van der Waals surface area contributed by atoms with Gasteiger partial charge in [-0.15, -0.1) is 0 Å². The van der Waals surface area contributed by atoms with Crippen molar-refractivity contribution in [3.8, 4) is 17.1 Å². The number of anilines is 1. The van der Waals surface area contributed by atoms with Gasteiger partial charge in [0.1, 0.15) is 23.9 Å². The summed E-state index contributed by atoms with van der Waals surface area (Å²) in [5, 5.41) is 9.37. The maximum absolute atomic E-state index is 9.37. The number of rotatable bonds is 4. The fourth-order valence-electron chi connectivity index (χ4n) is 3.65. The second kappa shape index (κ2) is 7.49. The molecule has 1 aromatic carbocycles. The standard InChI is InChI=1S/C20H27N7O2/c1-13(2)24-18(23-12-21)16-8-26-5-6-29-17-7-14(3-4-15(17)19(26)25-16)27-9-20(22,10-27)11-28/h3-4,7-8,12-13,28H,5-6,9-11,22H2,1-2H3,(H2,21,23,24). The molecule has 3 heterocycles. The van der Waals surface area contributed by atoms with E-state index in [1.54, 1.807) is 0 Å². The average Bonchev–Trinajstić information content (AvgIpc) is 3.01. The highest BCUT2D eigenvalue weighted by atomic mass is 16.5. The van der Waals surface area contributed by atoms with Gasteiger partial charge in [0.15, 0.2) is 5.84 Å². The summed E-state index contributed by atoms with van der Waals surface area (Å²) in [5.74, 6) is 2.11. The average molecular weight is 397 g/mol. The van der Waals surface area contributed by atoms with Gasteiger partial charge in [0, 0.05) is 37.1 Å². The lowest BCUT2D eigenvalue weighted by Gasteiger charge is -2.48. The van der Waals surface area contributed by atoms with E-state index in [1.807, 2.05) is 38.2 Å². The molecule has 1 saturated heterocycles. The first kappa shape index (κ1) is 19.4. The third-order valence-corrected chi connectivity index (χ3v) is 5.07. The van der Waals surface area contributed by atoms with Gasteiger partial charge >= 0.3 is 0 Å². The third kappa shape index (κ3) is 3.70. The molecule has 5 N–H and O–H groups in total. The van der Waals surface area contributed by atoms with E-state index in [-0.39, 0.29) is 12.6 Å². The number of aromatic nitrogens is 2. The zero-order valence-electron chi connectivity index (χ0n) is 16.7. The molecule has 154 valence electrons. The number of hydrogen-bond donors (Lipinski definition) is 3. The van der Waals surface area contributed by atoms with Crippen LogP contribution in [0.2, 0.25) is 0 Å². The zero-order chi connectivity index (χ0) is 20.6. The van der Waals surface area contributed by atoms with Crippen molar-refractivity contribution in [3.05, 3.63) is 30.1 Å². The summed E-state index contributed by atoms with van der Waals surface area (Å²) in [6.07, 6.45) is 3.18. The summed E-state index contributed by atoms with van der Waals surface area (Å²) >= 11 is 0. The lowest BCUT2D eigenvalue weighted by atomic mass is 9.91. The molecule has 0 bridgehead atoms. The minimum Gasteiger partial charge on any atom is -0.491 e.